The van der Waals surface area contributed by atoms with Gasteiger partial charge in [-0.2, -0.15) is 43.9 Å². The van der Waals surface area contributed by atoms with E-state index in [-0.39, 0.29) is 0 Å². The first-order valence-corrected chi connectivity index (χ1v) is 6.26. The van der Waals surface area contributed by atoms with Crippen LogP contribution in [0.2, 0.25) is 0 Å². The third-order valence-corrected chi connectivity index (χ3v) is 2.45. The van der Waals surface area contributed by atoms with Gasteiger partial charge in [0.25, 0.3) is 5.97 Å². The molecule has 0 heterocycles. The summed E-state index contributed by atoms with van der Waals surface area (Å²) in [6, 6.07) is 0. The SMILES string of the molecule is CC(=O)O.CC(O)OCC(F)(F)C(F)(F)C(F)(F)C(F)(F)C(F)(F)C(F)F. The molecule has 0 fully saturated rings. The van der Waals surface area contributed by atoms with Gasteiger partial charge in [-0.1, -0.05) is 0 Å². The Kier molecular flexibility index (Phi) is 8.95. The van der Waals surface area contributed by atoms with Crippen molar-refractivity contribution in [2.75, 3.05) is 6.61 Å². The molecule has 2 N–H and O–H groups in total. The lowest BCUT2D eigenvalue weighted by Gasteiger charge is -2.39. The van der Waals surface area contributed by atoms with Crippen molar-refractivity contribution in [2.24, 2.45) is 0 Å². The molecule has 0 radical (unpaired) electrons. The zero-order chi connectivity index (χ0) is 22.6. The number of halogens is 12. The van der Waals surface area contributed by atoms with Gasteiger partial charge in [-0.05, 0) is 6.92 Å². The molecule has 4 nitrogen and oxygen atoms in total. The van der Waals surface area contributed by atoms with Crippen LogP contribution in [-0.2, 0) is 9.53 Å². The number of ether oxygens (including phenoxy) is 1. The van der Waals surface area contributed by atoms with Crippen LogP contribution in [0.15, 0.2) is 0 Å². The van der Waals surface area contributed by atoms with Crippen molar-refractivity contribution in [3.63, 3.8) is 0 Å². The standard InChI is InChI=1S/C9H8F12O2.C2H4O2/c1-3(22)23-2-5(12,13)7(16,17)9(20,21)8(18,19)6(14,15)4(10)11;1-2(3)4/h3-4,22H,2H2,1H3;1H3,(H,3,4). The van der Waals surface area contributed by atoms with Crippen LogP contribution in [0.4, 0.5) is 52.7 Å². The molecule has 0 bridgehead atoms. The van der Waals surface area contributed by atoms with E-state index in [1.165, 1.54) is 0 Å². The normalized spacial score (nSPS) is 15.3. The van der Waals surface area contributed by atoms with Crippen LogP contribution in [0.5, 0.6) is 0 Å². The predicted molar refractivity (Wildman–Crippen MR) is 61.7 cm³/mol. The summed E-state index contributed by atoms with van der Waals surface area (Å²) in [5.41, 5.74) is 0. The Labute approximate surface area is 142 Å². The average molecular weight is 436 g/mol. The highest BCUT2D eigenvalue weighted by molar-refractivity contribution is 5.62. The molecule has 164 valence electrons. The molecule has 0 aromatic carbocycles. The van der Waals surface area contributed by atoms with Gasteiger partial charge < -0.3 is 14.9 Å². The number of hydrogen-bond donors (Lipinski definition) is 2. The molecule has 0 amide bonds. The molecule has 0 rings (SSSR count). The fourth-order valence-electron chi connectivity index (χ4n) is 1.09. The maximum atomic E-state index is 13.0. The molecule has 0 aromatic heterocycles. The first-order valence-electron chi connectivity index (χ1n) is 6.26. The highest BCUT2D eigenvalue weighted by Crippen LogP contribution is 2.58. The lowest BCUT2D eigenvalue weighted by atomic mass is 9.94. The zero-order valence-corrected chi connectivity index (χ0v) is 13.1. The van der Waals surface area contributed by atoms with Gasteiger partial charge in [0, 0.05) is 6.92 Å². The van der Waals surface area contributed by atoms with Gasteiger partial charge in [-0.25, -0.2) is 8.78 Å². The summed E-state index contributed by atoms with van der Waals surface area (Å²) in [5, 5.41) is 15.8. The van der Waals surface area contributed by atoms with Crippen molar-refractivity contribution in [3.8, 4) is 0 Å². The molecule has 0 spiro atoms. The lowest BCUT2D eigenvalue weighted by molar-refractivity contribution is -0.416. The van der Waals surface area contributed by atoms with Crippen molar-refractivity contribution in [1.29, 1.82) is 0 Å². The maximum absolute atomic E-state index is 13.0. The molecule has 0 saturated heterocycles. The minimum Gasteiger partial charge on any atom is -0.481 e. The second-order valence-electron chi connectivity index (χ2n) is 4.78. The summed E-state index contributed by atoms with van der Waals surface area (Å²) in [5.74, 6) is -36.4. The van der Waals surface area contributed by atoms with Crippen molar-refractivity contribution in [2.45, 2.75) is 56.2 Å². The number of aliphatic hydroxyl groups is 1. The van der Waals surface area contributed by atoms with Gasteiger partial charge in [0.1, 0.15) is 6.61 Å². The van der Waals surface area contributed by atoms with Gasteiger partial charge in [0.05, 0.1) is 0 Å². The van der Waals surface area contributed by atoms with Crippen molar-refractivity contribution in [1.82, 2.24) is 0 Å². The Bertz CT molecular complexity index is 488. The van der Waals surface area contributed by atoms with E-state index in [4.69, 9.17) is 15.0 Å². The fraction of sp³-hybridized carbons (Fsp3) is 0.909. The van der Waals surface area contributed by atoms with Crippen LogP contribution < -0.4 is 0 Å². The summed E-state index contributed by atoms with van der Waals surface area (Å²) >= 11 is 0. The number of carboxylic acids is 1. The molecule has 0 aromatic rings. The quantitative estimate of drug-likeness (QED) is 0.448. The van der Waals surface area contributed by atoms with Crippen LogP contribution >= 0.6 is 0 Å². The second-order valence-corrected chi connectivity index (χ2v) is 4.78. The van der Waals surface area contributed by atoms with Crippen molar-refractivity contribution >= 4 is 5.97 Å². The number of hydrogen-bond acceptors (Lipinski definition) is 3. The van der Waals surface area contributed by atoms with E-state index >= 15 is 0 Å². The third kappa shape index (κ3) is 5.76. The van der Waals surface area contributed by atoms with Gasteiger partial charge in [-0.3, -0.25) is 4.79 Å². The summed E-state index contributed by atoms with van der Waals surface area (Å²) in [6.07, 6.45) is -7.77. The highest BCUT2D eigenvalue weighted by Gasteiger charge is 2.87. The van der Waals surface area contributed by atoms with Crippen molar-refractivity contribution in [3.05, 3.63) is 0 Å². The molecule has 27 heavy (non-hydrogen) atoms. The Hall–Kier alpha value is -1.45. The number of carbonyl (C=O) groups is 1. The minimum atomic E-state index is -7.58. The number of carboxylic acid groups (broad SMARTS) is 1. The second kappa shape index (κ2) is 8.70. The smallest absolute Gasteiger partial charge is 0.384 e. The van der Waals surface area contributed by atoms with E-state index < -0.39 is 54.9 Å². The summed E-state index contributed by atoms with van der Waals surface area (Å²) in [4.78, 5) is 9.00. The predicted octanol–water partition coefficient (Wildman–Crippen LogP) is 3.87. The first-order chi connectivity index (χ1) is 11.6. The van der Waals surface area contributed by atoms with E-state index in [1.54, 1.807) is 0 Å². The highest BCUT2D eigenvalue weighted by atomic mass is 19.4. The number of alkyl halides is 12. The topological polar surface area (TPSA) is 66.8 Å². The summed E-state index contributed by atoms with van der Waals surface area (Å²) in [7, 11) is 0. The van der Waals surface area contributed by atoms with Crippen LogP contribution in [0, 0.1) is 0 Å². The maximum Gasteiger partial charge on any atom is 0.384 e. The molecular formula is C11H12F12O4. The molecule has 0 saturated carbocycles. The molecule has 1 atom stereocenters. The van der Waals surface area contributed by atoms with E-state index in [9.17, 15) is 52.7 Å². The Morgan fingerprint density at radius 1 is 0.889 bits per heavy atom. The molecule has 1 unspecified atom stereocenters. The largest absolute Gasteiger partial charge is 0.481 e. The summed E-state index contributed by atoms with van der Waals surface area (Å²) < 4.78 is 155. The van der Waals surface area contributed by atoms with Crippen molar-refractivity contribution < 1.29 is 72.4 Å². The molecule has 0 aliphatic heterocycles. The van der Waals surface area contributed by atoms with Gasteiger partial charge in [-0.15, -0.1) is 0 Å². The lowest BCUT2D eigenvalue weighted by Crippen LogP contribution is -2.69. The van der Waals surface area contributed by atoms with E-state index in [0.29, 0.717) is 6.92 Å². The Morgan fingerprint density at radius 2 is 1.22 bits per heavy atom. The Balaban J connectivity index is 0. The monoisotopic (exact) mass is 436 g/mol. The zero-order valence-electron chi connectivity index (χ0n) is 13.1. The van der Waals surface area contributed by atoms with Crippen LogP contribution in [0.3, 0.4) is 0 Å². The van der Waals surface area contributed by atoms with Gasteiger partial charge >= 0.3 is 36.0 Å². The molecule has 0 aliphatic carbocycles. The number of rotatable bonds is 8. The molecule has 16 heteroatoms. The van der Waals surface area contributed by atoms with Gasteiger partial charge in [0.2, 0.25) is 0 Å². The van der Waals surface area contributed by atoms with E-state index in [2.05, 4.69) is 4.74 Å². The summed E-state index contributed by atoms with van der Waals surface area (Å²) in [6.45, 7) is -1.14. The van der Waals surface area contributed by atoms with Crippen LogP contribution in [-0.4, -0.2) is 65.1 Å². The van der Waals surface area contributed by atoms with E-state index in [1.807, 2.05) is 0 Å². The van der Waals surface area contributed by atoms with E-state index in [0.717, 1.165) is 6.92 Å². The number of aliphatic carboxylic acids is 1. The van der Waals surface area contributed by atoms with Gasteiger partial charge in [0.15, 0.2) is 6.29 Å². The first kappa shape index (κ1) is 27.8. The fourth-order valence-corrected chi connectivity index (χ4v) is 1.09. The molecular weight excluding hydrogens is 424 g/mol. The van der Waals surface area contributed by atoms with Crippen LogP contribution in [0.1, 0.15) is 13.8 Å². The average Bonchev–Trinajstić information content (AvgIpc) is 2.43. The third-order valence-electron chi connectivity index (χ3n) is 2.45. The number of aliphatic hydroxyl groups excluding tert-OH is 1. The minimum absolute atomic E-state index is 0.548. The van der Waals surface area contributed by atoms with Crippen LogP contribution in [0.25, 0.3) is 0 Å². The Morgan fingerprint density at radius 3 is 1.48 bits per heavy atom. The molecule has 0 aliphatic rings.